The van der Waals surface area contributed by atoms with Crippen LogP contribution in [-0.2, 0) is 31.7 Å². The fraction of sp³-hybridized carbons (Fsp3) is 0.700. The van der Waals surface area contributed by atoms with Crippen LogP contribution in [0.3, 0.4) is 0 Å². The summed E-state index contributed by atoms with van der Waals surface area (Å²) < 4.78 is 27.5. The van der Waals surface area contributed by atoms with Crippen molar-refractivity contribution >= 4 is 37.7 Å². The largest absolute Gasteiger partial charge is 0.528 e. The van der Waals surface area contributed by atoms with Gasteiger partial charge in [-0.15, -0.1) is 0 Å². The maximum atomic E-state index is 11.0. The Hall–Kier alpha value is -1.50. The Morgan fingerprint density at radius 2 is 1.32 bits per heavy atom. The molecule has 0 rings (SSSR count). The summed E-state index contributed by atoms with van der Waals surface area (Å²) in [5.74, 6) is 0. The summed E-state index contributed by atoms with van der Waals surface area (Å²) in [6.45, 7) is 27.7. The van der Waals surface area contributed by atoms with Crippen molar-refractivity contribution in [3.8, 4) is 0 Å². The van der Waals surface area contributed by atoms with Gasteiger partial charge in [0.1, 0.15) is 0 Å². The van der Waals surface area contributed by atoms with E-state index in [2.05, 4.69) is 44.1 Å². The second-order valence-corrected chi connectivity index (χ2v) is 18.5. The van der Waals surface area contributed by atoms with E-state index >= 15 is 0 Å². The molecule has 0 saturated heterocycles. The summed E-state index contributed by atoms with van der Waals surface area (Å²) in [7, 11) is -6.38. The lowest BCUT2D eigenvalue weighted by molar-refractivity contribution is -0.191. The molecule has 0 heterocycles. The molecular formula is C20H44O8Si3. The molecule has 0 spiro atoms. The highest BCUT2D eigenvalue weighted by Gasteiger charge is 2.40. The van der Waals surface area contributed by atoms with Crippen LogP contribution in [-0.4, -0.2) is 44.4 Å². The molecule has 11 heteroatoms. The molecule has 0 aromatic rings. The maximum absolute atomic E-state index is 11.0. The van der Waals surface area contributed by atoms with E-state index in [-0.39, 0.29) is 6.15 Å². The second-order valence-electron chi connectivity index (χ2n) is 6.97. The highest BCUT2D eigenvalue weighted by atomic mass is 28.5. The van der Waals surface area contributed by atoms with Gasteiger partial charge in [-0.2, -0.15) is 9.59 Å². The smallest absolute Gasteiger partial charge is 0.513 e. The molecule has 31 heavy (non-hydrogen) atoms. The summed E-state index contributed by atoms with van der Waals surface area (Å²) in [6, 6.07) is 0.969. The average molecular weight is 497 g/mol. The van der Waals surface area contributed by atoms with Crippen molar-refractivity contribution < 1.29 is 36.5 Å². The number of carbonyl (C=O) groups is 1. The predicted molar refractivity (Wildman–Crippen MR) is 130 cm³/mol. The molecule has 0 bridgehead atoms. The van der Waals surface area contributed by atoms with Crippen molar-refractivity contribution in [2.45, 2.75) is 85.9 Å². The van der Waals surface area contributed by atoms with Crippen LogP contribution in [0.15, 0.2) is 25.7 Å². The molecule has 0 N–H and O–H groups in total. The predicted octanol–water partition coefficient (Wildman–Crippen LogP) is 6.33. The molecule has 0 aliphatic carbocycles. The van der Waals surface area contributed by atoms with Gasteiger partial charge < -0.3 is 22.1 Å². The SMILES string of the molecule is C=COC(=O)OCCCC[Si](C)(C)O[Si](C)(C)O[Si](C)(C)OC=C.CC.CC.O=C=O. The lowest BCUT2D eigenvalue weighted by atomic mass is 10.4. The first kappa shape index (κ1) is 36.9. The monoisotopic (exact) mass is 496 g/mol. The average Bonchev–Trinajstić information content (AvgIpc) is 2.63. The molecule has 0 atom stereocenters. The first-order valence-electron chi connectivity index (χ1n) is 10.5. The Balaban J connectivity index is -0.000000463. The number of unbranched alkanes of at least 4 members (excludes halogenated alkanes) is 1. The lowest BCUT2D eigenvalue weighted by Crippen LogP contribution is -2.53. The number of hydrogen-bond donors (Lipinski definition) is 0. The van der Waals surface area contributed by atoms with Crippen molar-refractivity contribution in [1.82, 2.24) is 0 Å². The molecule has 0 radical (unpaired) electrons. The van der Waals surface area contributed by atoms with Crippen molar-refractivity contribution in [3.05, 3.63) is 25.7 Å². The Morgan fingerprint density at radius 1 is 0.839 bits per heavy atom. The van der Waals surface area contributed by atoms with Crippen LogP contribution >= 0.6 is 0 Å². The first-order chi connectivity index (χ1) is 14.3. The molecule has 0 saturated carbocycles. The Bertz CT molecular complexity index is 503. The Labute approximate surface area is 192 Å². The van der Waals surface area contributed by atoms with E-state index in [9.17, 15) is 4.79 Å². The molecule has 8 nitrogen and oxygen atoms in total. The van der Waals surface area contributed by atoms with E-state index < -0.39 is 31.6 Å². The summed E-state index contributed by atoms with van der Waals surface area (Å²) in [4.78, 5) is 27.3. The van der Waals surface area contributed by atoms with Crippen LogP contribution in [0.4, 0.5) is 4.79 Å². The molecule has 0 aliphatic rings. The summed E-state index contributed by atoms with van der Waals surface area (Å²) in [6.07, 6.45) is 3.73. The van der Waals surface area contributed by atoms with E-state index in [0.717, 1.165) is 25.1 Å². The maximum Gasteiger partial charge on any atom is 0.513 e. The molecule has 0 aromatic heterocycles. The summed E-state index contributed by atoms with van der Waals surface area (Å²) in [5, 5.41) is 0. The minimum Gasteiger partial charge on any atom is -0.528 e. The molecule has 184 valence electrons. The van der Waals surface area contributed by atoms with Gasteiger partial charge in [-0.1, -0.05) is 47.3 Å². The highest BCUT2D eigenvalue weighted by molar-refractivity contribution is 6.86. The third-order valence-electron chi connectivity index (χ3n) is 2.95. The van der Waals surface area contributed by atoms with Crippen molar-refractivity contribution in [2.24, 2.45) is 0 Å². The zero-order chi connectivity index (χ0) is 25.6. The number of carbonyl (C=O) groups excluding carboxylic acids is 3. The zero-order valence-corrected chi connectivity index (χ0v) is 24.2. The second kappa shape index (κ2) is 21.7. The van der Waals surface area contributed by atoms with Gasteiger partial charge in [0.05, 0.1) is 19.1 Å². The van der Waals surface area contributed by atoms with Crippen LogP contribution in [0.25, 0.3) is 0 Å². The van der Waals surface area contributed by atoms with E-state index in [1.807, 2.05) is 40.8 Å². The fourth-order valence-electron chi connectivity index (χ4n) is 2.46. The minimum atomic E-state index is -2.27. The van der Waals surface area contributed by atoms with E-state index in [1.165, 1.54) is 6.26 Å². The van der Waals surface area contributed by atoms with Crippen LogP contribution in [0.1, 0.15) is 40.5 Å². The van der Waals surface area contributed by atoms with Gasteiger partial charge in [0.15, 0.2) is 8.32 Å². The quantitative estimate of drug-likeness (QED) is 0.134. The van der Waals surface area contributed by atoms with Gasteiger partial charge in [0.2, 0.25) is 0 Å². The van der Waals surface area contributed by atoms with Gasteiger partial charge >= 0.3 is 29.4 Å². The van der Waals surface area contributed by atoms with Gasteiger partial charge in [-0.05, 0) is 51.7 Å². The standard InChI is InChI=1S/C15H32O6Si3.2C2H6.CO2/c1-9-17-15(16)18-13-11-12-14-22(3,4)20-24(7,8)21-23(5,6)19-10-2;2*1-2;2-1-3/h9-10H,1-2,11-14H2,3-8H3;2*1-2H3;. The first-order valence-corrected chi connectivity index (χ1v) is 19.2. The third-order valence-corrected chi connectivity index (χ3v) is 13.4. The van der Waals surface area contributed by atoms with Crippen LogP contribution in [0.5, 0.6) is 0 Å². The van der Waals surface area contributed by atoms with Gasteiger partial charge in [0, 0.05) is 0 Å². The van der Waals surface area contributed by atoms with Crippen LogP contribution in [0.2, 0.25) is 45.3 Å². The van der Waals surface area contributed by atoms with Crippen molar-refractivity contribution in [1.29, 1.82) is 0 Å². The number of ether oxygens (including phenoxy) is 2. The Morgan fingerprint density at radius 3 is 1.74 bits per heavy atom. The third kappa shape index (κ3) is 28.5. The molecule has 0 fully saturated rings. The normalized spacial score (nSPS) is 10.3. The molecule has 0 amide bonds. The number of hydrogen-bond acceptors (Lipinski definition) is 8. The highest BCUT2D eigenvalue weighted by Crippen LogP contribution is 2.24. The molecule has 0 unspecified atom stereocenters. The topological polar surface area (TPSA) is 97.4 Å². The lowest BCUT2D eigenvalue weighted by Gasteiger charge is -2.37. The fourth-order valence-corrected chi connectivity index (χ4v) is 15.2. The molecular weight excluding hydrogens is 452 g/mol. The summed E-state index contributed by atoms with van der Waals surface area (Å²) in [5.41, 5.74) is 0. The molecule has 0 aliphatic heterocycles. The van der Waals surface area contributed by atoms with E-state index in [0.29, 0.717) is 6.61 Å². The van der Waals surface area contributed by atoms with Crippen molar-refractivity contribution in [3.63, 3.8) is 0 Å². The minimum absolute atomic E-state index is 0.250. The van der Waals surface area contributed by atoms with E-state index in [1.54, 1.807) is 0 Å². The van der Waals surface area contributed by atoms with Crippen LogP contribution < -0.4 is 0 Å². The van der Waals surface area contributed by atoms with Crippen LogP contribution in [0, 0.1) is 0 Å². The van der Waals surface area contributed by atoms with Gasteiger partial charge in [-0.3, -0.25) is 0 Å². The van der Waals surface area contributed by atoms with Crippen molar-refractivity contribution in [2.75, 3.05) is 6.61 Å². The van der Waals surface area contributed by atoms with E-state index in [4.69, 9.17) is 27.0 Å². The number of rotatable bonds is 12. The summed E-state index contributed by atoms with van der Waals surface area (Å²) >= 11 is 0. The van der Waals surface area contributed by atoms with Gasteiger partial charge in [0.25, 0.3) is 0 Å². The zero-order valence-electron chi connectivity index (χ0n) is 21.2. The van der Waals surface area contributed by atoms with Gasteiger partial charge in [-0.25, -0.2) is 4.79 Å². The Kier molecular flexibility index (Phi) is 25.8. The molecule has 0 aromatic carbocycles.